The number of nitrogens with zero attached hydrogens (tertiary/aromatic N) is 4. The number of benzene rings is 1. The van der Waals surface area contributed by atoms with Gasteiger partial charge in [-0.25, -0.2) is 9.07 Å². The Labute approximate surface area is 143 Å². The van der Waals surface area contributed by atoms with Gasteiger partial charge >= 0.3 is 0 Å². The minimum Gasteiger partial charge on any atom is -0.292 e. The SMILES string of the molecule is Cc1nn(-c2ccc(F)cc2)c(C)c1C=NN1[C@@H](C)CCC[C@@H]1C. The molecule has 5 heteroatoms. The summed E-state index contributed by atoms with van der Waals surface area (Å²) in [6.07, 6.45) is 5.58. The molecule has 2 aromatic rings. The standard InChI is InChI=1S/C19H25FN4/c1-13-6-5-7-14(2)23(13)21-12-19-15(3)22-24(16(19)4)18-10-8-17(20)9-11-18/h8-14H,5-7H2,1-4H3/t13-,14-/m0/s1. The number of rotatable bonds is 3. The molecule has 0 bridgehead atoms. The topological polar surface area (TPSA) is 33.4 Å². The second-order valence-corrected chi connectivity index (χ2v) is 6.73. The first-order chi connectivity index (χ1) is 11.5. The van der Waals surface area contributed by atoms with E-state index in [2.05, 4.69) is 24.0 Å². The normalized spacial score (nSPS) is 21.6. The summed E-state index contributed by atoms with van der Waals surface area (Å²) in [5.74, 6) is -0.241. The minimum absolute atomic E-state index is 0.241. The maximum atomic E-state index is 13.1. The average molecular weight is 328 g/mol. The van der Waals surface area contributed by atoms with E-state index in [0.717, 1.165) is 22.6 Å². The Kier molecular flexibility index (Phi) is 4.69. The first-order valence-corrected chi connectivity index (χ1v) is 8.62. The smallest absolute Gasteiger partial charge is 0.123 e. The zero-order valence-electron chi connectivity index (χ0n) is 14.8. The highest BCUT2D eigenvalue weighted by Crippen LogP contribution is 2.23. The van der Waals surface area contributed by atoms with E-state index < -0.39 is 0 Å². The lowest BCUT2D eigenvalue weighted by Crippen LogP contribution is -2.39. The maximum absolute atomic E-state index is 13.1. The van der Waals surface area contributed by atoms with E-state index in [1.165, 1.54) is 31.4 Å². The predicted molar refractivity (Wildman–Crippen MR) is 95.2 cm³/mol. The van der Waals surface area contributed by atoms with Crippen LogP contribution in [0.1, 0.15) is 50.1 Å². The number of aryl methyl sites for hydroxylation is 1. The zero-order chi connectivity index (χ0) is 17.3. The monoisotopic (exact) mass is 328 g/mol. The van der Waals surface area contributed by atoms with Crippen LogP contribution in [-0.2, 0) is 0 Å². The van der Waals surface area contributed by atoms with Gasteiger partial charge in [0.15, 0.2) is 0 Å². The van der Waals surface area contributed by atoms with Gasteiger partial charge in [-0.1, -0.05) is 0 Å². The van der Waals surface area contributed by atoms with E-state index in [4.69, 9.17) is 5.10 Å². The van der Waals surface area contributed by atoms with Crippen LogP contribution in [0.2, 0.25) is 0 Å². The molecule has 0 N–H and O–H groups in total. The van der Waals surface area contributed by atoms with Crippen molar-refractivity contribution in [2.24, 2.45) is 5.10 Å². The van der Waals surface area contributed by atoms with Crippen LogP contribution in [0.15, 0.2) is 29.4 Å². The summed E-state index contributed by atoms with van der Waals surface area (Å²) >= 11 is 0. The van der Waals surface area contributed by atoms with Crippen LogP contribution in [0.5, 0.6) is 0 Å². The number of hydrazone groups is 1. The van der Waals surface area contributed by atoms with Gasteiger partial charge in [0.2, 0.25) is 0 Å². The van der Waals surface area contributed by atoms with Crippen molar-refractivity contribution in [2.75, 3.05) is 0 Å². The van der Waals surface area contributed by atoms with Crippen LogP contribution in [0.25, 0.3) is 5.69 Å². The van der Waals surface area contributed by atoms with Crippen molar-refractivity contribution < 1.29 is 4.39 Å². The number of hydrogen-bond donors (Lipinski definition) is 0. The summed E-state index contributed by atoms with van der Waals surface area (Å²) < 4.78 is 15.0. The van der Waals surface area contributed by atoms with Gasteiger partial charge in [-0.05, 0) is 71.2 Å². The Balaban J connectivity index is 1.89. The van der Waals surface area contributed by atoms with E-state index in [1.807, 2.05) is 24.7 Å². The summed E-state index contributed by atoms with van der Waals surface area (Å²) in [4.78, 5) is 0. The summed E-state index contributed by atoms with van der Waals surface area (Å²) in [6, 6.07) is 7.33. The van der Waals surface area contributed by atoms with Crippen LogP contribution in [0.3, 0.4) is 0 Å². The van der Waals surface area contributed by atoms with Crippen LogP contribution in [0.4, 0.5) is 4.39 Å². The van der Waals surface area contributed by atoms with Gasteiger partial charge in [-0.15, -0.1) is 0 Å². The molecule has 1 aliphatic heterocycles. The van der Waals surface area contributed by atoms with E-state index in [0.29, 0.717) is 12.1 Å². The predicted octanol–water partition coefficient (Wildman–Crippen LogP) is 4.23. The highest BCUT2D eigenvalue weighted by Gasteiger charge is 2.23. The first-order valence-electron chi connectivity index (χ1n) is 8.62. The van der Waals surface area contributed by atoms with Crippen molar-refractivity contribution in [3.63, 3.8) is 0 Å². The van der Waals surface area contributed by atoms with E-state index in [9.17, 15) is 4.39 Å². The Morgan fingerprint density at radius 1 is 1.12 bits per heavy atom. The van der Waals surface area contributed by atoms with Crippen LogP contribution in [0, 0.1) is 19.7 Å². The molecule has 2 heterocycles. The minimum atomic E-state index is -0.241. The molecule has 0 spiro atoms. The van der Waals surface area contributed by atoms with E-state index in [1.54, 1.807) is 12.1 Å². The summed E-state index contributed by atoms with van der Waals surface area (Å²) in [6.45, 7) is 8.47. The van der Waals surface area contributed by atoms with Gasteiger partial charge in [0.25, 0.3) is 0 Å². The number of hydrogen-bond acceptors (Lipinski definition) is 3. The zero-order valence-corrected chi connectivity index (χ0v) is 14.8. The molecule has 0 saturated carbocycles. The molecule has 0 aliphatic carbocycles. The van der Waals surface area contributed by atoms with Crippen molar-refractivity contribution in [1.82, 2.24) is 14.8 Å². The fraction of sp³-hybridized carbons (Fsp3) is 0.474. The summed E-state index contributed by atoms with van der Waals surface area (Å²) in [5.41, 5.74) is 3.83. The van der Waals surface area contributed by atoms with Crippen LogP contribution < -0.4 is 0 Å². The fourth-order valence-corrected chi connectivity index (χ4v) is 3.43. The summed E-state index contributed by atoms with van der Waals surface area (Å²) in [5, 5.41) is 11.6. The summed E-state index contributed by atoms with van der Waals surface area (Å²) in [7, 11) is 0. The van der Waals surface area contributed by atoms with E-state index in [-0.39, 0.29) is 5.82 Å². The van der Waals surface area contributed by atoms with Crippen molar-refractivity contribution >= 4 is 6.21 Å². The Bertz CT molecular complexity index is 723. The molecule has 128 valence electrons. The molecule has 3 rings (SSSR count). The molecule has 24 heavy (non-hydrogen) atoms. The third-order valence-corrected chi connectivity index (χ3v) is 4.89. The molecule has 2 atom stereocenters. The molecule has 0 unspecified atom stereocenters. The third-order valence-electron chi connectivity index (χ3n) is 4.89. The Morgan fingerprint density at radius 3 is 2.38 bits per heavy atom. The molecule has 0 radical (unpaired) electrons. The van der Waals surface area contributed by atoms with Gasteiger partial charge in [-0.3, -0.25) is 5.01 Å². The third kappa shape index (κ3) is 3.21. The second-order valence-electron chi connectivity index (χ2n) is 6.73. The quantitative estimate of drug-likeness (QED) is 0.790. The lowest BCUT2D eigenvalue weighted by Gasteiger charge is -2.36. The fourth-order valence-electron chi connectivity index (χ4n) is 3.43. The maximum Gasteiger partial charge on any atom is 0.123 e. The van der Waals surface area contributed by atoms with Crippen LogP contribution >= 0.6 is 0 Å². The van der Waals surface area contributed by atoms with E-state index >= 15 is 0 Å². The Morgan fingerprint density at radius 2 is 1.75 bits per heavy atom. The molecule has 1 fully saturated rings. The van der Waals surface area contributed by atoms with Crippen molar-refractivity contribution in [1.29, 1.82) is 0 Å². The first kappa shape index (κ1) is 16.7. The van der Waals surface area contributed by atoms with Gasteiger partial charge in [0.1, 0.15) is 5.82 Å². The van der Waals surface area contributed by atoms with Gasteiger partial charge in [-0.2, -0.15) is 10.2 Å². The molecule has 4 nitrogen and oxygen atoms in total. The van der Waals surface area contributed by atoms with Gasteiger partial charge in [0, 0.05) is 17.6 Å². The Hall–Kier alpha value is -2.17. The van der Waals surface area contributed by atoms with Crippen molar-refractivity contribution in [2.45, 2.75) is 59.0 Å². The highest BCUT2D eigenvalue weighted by atomic mass is 19.1. The lowest BCUT2D eigenvalue weighted by molar-refractivity contribution is 0.109. The van der Waals surface area contributed by atoms with Crippen molar-refractivity contribution in [3.8, 4) is 5.69 Å². The molecular formula is C19H25FN4. The van der Waals surface area contributed by atoms with Gasteiger partial charge in [0.05, 0.1) is 23.3 Å². The molecule has 1 aromatic heterocycles. The molecule has 0 amide bonds. The molecule has 1 aliphatic rings. The second kappa shape index (κ2) is 6.75. The van der Waals surface area contributed by atoms with Crippen molar-refractivity contribution in [3.05, 3.63) is 47.0 Å². The molecule has 1 aromatic carbocycles. The average Bonchev–Trinajstić information content (AvgIpc) is 2.83. The van der Waals surface area contributed by atoms with Crippen LogP contribution in [-0.4, -0.2) is 33.1 Å². The number of halogens is 1. The molecular weight excluding hydrogens is 303 g/mol. The highest BCUT2D eigenvalue weighted by molar-refractivity contribution is 5.82. The largest absolute Gasteiger partial charge is 0.292 e. The molecule has 1 saturated heterocycles. The number of piperidine rings is 1. The lowest BCUT2D eigenvalue weighted by atomic mass is 10.00. The van der Waals surface area contributed by atoms with Gasteiger partial charge < -0.3 is 0 Å². The number of aromatic nitrogens is 2.